The standard InChI is InChI=1S/C24H25NO3/c1-24(2,3)28-23(26)25-19(16-27-20-10-5-4-6-11-20)15-18-14-13-17-9-7-8-12-21(17)22(18)25/h4-14,16,18,22H,15H2,1-3H3/b19-16+/t18-,22+/m1/s1. The van der Waals surface area contributed by atoms with E-state index in [-0.39, 0.29) is 18.1 Å². The normalized spacial score (nSPS) is 22.0. The number of amides is 1. The summed E-state index contributed by atoms with van der Waals surface area (Å²) >= 11 is 0. The lowest BCUT2D eigenvalue weighted by Crippen LogP contribution is -2.37. The fourth-order valence-corrected chi connectivity index (χ4v) is 3.81. The largest absolute Gasteiger partial charge is 0.463 e. The van der Waals surface area contributed by atoms with Crippen LogP contribution in [0.1, 0.15) is 44.4 Å². The summed E-state index contributed by atoms with van der Waals surface area (Å²) in [6.45, 7) is 5.66. The molecule has 1 heterocycles. The van der Waals surface area contributed by atoms with Crippen molar-refractivity contribution in [3.8, 4) is 5.75 Å². The van der Waals surface area contributed by atoms with Crippen LogP contribution in [-0.4, -0.2) is 16.6 Å². The first-order valence-electron chi connectivity index (χ1n) is 9.62. The Hall–Kier alpha value is -3.01. The van der Waals surface area contributed by atoms with Gasteiger partial charge in [0.15, 0.2) is 0 Å². The number of allylic oxidation sites excluding steroid dienone is 1. The number of carbonyl (C=O) groups is 1. The van der Waals surface area contributed by atoms with Gasteiger partial charge in [-0.15, -0.1) is 0 Å². The number of likely N-dealkylation sites (tertiary alicyclic amines) is 1. The lowest BCUT2D eigenvalue weighted by molar-refractivity contribution is 0.0259. The zero-order valence-electron chi connectivity index (χ0n) is 16.5. The Morgan fingerprint density at radius 1 is 1.07 bits per heavy atom. The highest BCUT2D eigenvalue weighted by Crippen LogP contribution is 2.48. The molecule has 1 aliphatic carbocycles. The average molecular weight is 375 g/mol. The van der Waals surface area contributed by atoms with E-state index in [1.165, 1.54) is 0 Å². The Bertz CT molecular complexity index is 924. The minimum absolute atomic E-state index is 0.0818. The number of fused-ring (bicyclic) bond motifs is 3. The monoisotopic (exact) mass is 375 g/mol. The Morgan fingerprint density at radius 2 is 1.79 bits per heavy atom. The van der Waals surface area contributed by atoms with Gasteiger partial charge in [0.2, 0.25) is 0 Å². The molecule has 0 N–H and O–H groups in total. The minimum Gasteiger partial charge on any atom is -0.463 e. The molecule has 1 aliphatic heterocycles. The molecule has 0 unspecified atom stereocenters. The van der Waals surface area contributed by atoms with Crippen molar-refractivity contribution in [2.45, 2.75) is 38.8 Å². The van der Waals surface area contributed by atoms with E-state index in [0.29, 0.717) is 0 Å². The molecule has 4 heteroatoms. The third-order valence-corrected chi connectivity index (χ3v) is 4.94. The number of rotatable bonds is 2. The van der Waals surface area contributed by atoms with Crippen LogP contribution in [0.3, 0.4) is 0 Å². The summed E-state index contributed by atoms with van der Waals surface area (Å²) in [6.07, 6.45) is 6.40. The third kappa shape index (κ3) is 3.68. The fraction of sp³-hybridized carbons (Fsp3) is 0.292. The predicted octanol–water partition coefficient (Wildman–Crippen LogP) is 5.93. The number of nitrogens with zero attached hydrogens (tertiary/aromatic N) is 1. The quantitative estimate of drug-likeness (QED) is 0.611. The van der Waals surface area contributed by atoms with Crippen LogP contribution >= 0.6 is 0 Å². The summed E-state index contributed by atoms with van der Waals surface area (Å²) in [5, 5.41) is 0. The lowest BCUT2D eigenvalue weighted by atomic mass is 9.85. The first-order chi connectivity index (χ1) is 13.4. The molecule has 1 saturated heterocycles. The van der Waals surface area contributed by atoms with E-state index in [0.717, 1.165) is 29.0 Å². The van der Waals surface area contributed by atoms with Gasteiger partial charge in [0.05, 0.1) is 11.7 Å². The van der Waals surface area contributed by atoms with Crippen LogP contribution < -0.4 is 4.74 Å². The van der Waals surface area contributed by atoms with Gasteiger partial charge in [-0.25, -0.2) is 4.79 Å². The Labute approximate surface area is 166 Å². The topological polar surface area (TPSA) is 38.8 Å². The summed E-state index contributed by atoms with van der Waals surface area (Å²) in [6, 6.07) is 17.7. The van der Waals surface area contributed by atoms with Gasteiger partial charge in [0, 0.05) is 5.92 Å². The van der Waals surface area contributed by atoms with E-state index in [1.807, 2.05) is 63.2 Å². The Balaban J connectivity index is 1.70. The van der Waals surface area contributed by atoms with Gasteiger partial charge in [0.1, 0.15) is 17.6 Å². The SMILES string of the molecule is CC(C)(C)OC(=O)N1/C(=C/Oc2ccccc2)C[C@H]2C=Cc3ccccc3[C@H]21. The van der Waals surface area contributed by atoms with Gasteiger partial charge < -0.3 is 9.47 Å². The van der Waals surface area contributed by atoms with Gasteiger partial charge >= 0.3 is 6.09 Å². The molecule has 144 valence electrons. The molecule has 2 aromatic carbocycles. The van der Waals surface area contributed by atoms with Crippen LogP contribution in [0.4, 0.5) is 4.79 Å². The van der Waals surface area contributed by atoms with E-state index < -0.39 is 5.60 Å². The highest BCUT2D eigenvalue weighted by molar-refractivity contribution is 5.74. The van der Waals surface area contributed by atoms with Crippen LogP contribution in [0, 0.1) is 5.92 Å². The van der Waals surface area contributed by atoms with Crippen LogP contribution in [-0.2, 0) is 4.74 Å². The van der Waals surface area contributed by atoms with Crippen molar-refractivity contribution in [3.05, 3.63) is 83.8 Å². The maximum absolute atomic E-state index is 13.1. The van der Waals surface area contributed by atoms with Crippen molar-refractivity contribution < 1.29 is 14.3 Å². The molecule has 28 heavy (non-hydrogen) atoms. The molecule has 0 radical (unpaired) electrons. The number of para-hydroxylation sites is 1. The molecular weight excluding hydrogens is 350 g/mol. The van der Waals surface area contributed by atoms with Crippen molar-refractivity contribution >= 4 is 12.2 Å². The highest BCUT2D eigenvalue weighted by Gasteiger charge is 2.44. The second-order valence-electron chi connectivity index (χ2n) is 8.19. The van der Waals surface area contributed by atoms with Crippen LogP contribution in [0.25, 0.3) is 6.08 Å². The molecule has 2 aromatic rings. The fourth-order valence-electron chi connectivity index (χ4n) is 3.81. The third-order valence-electron chi connectivity index (χ3n) is 4.94. The summed E-state index contributed by atoms with van der Waals surface area (Å²) in [7, 11) is 0. The lowest BCUT2D eigenvalue weighted by Gasteiger charge is -2.32. The summed E-state index contributed by atoms with van der Waals surface area (Å²) in [4.78, 5) is 14.9. The maximum atomic E-state index is 13.1. The predicted molar refractivity (Wildman–Crippen MR) is 110 cm³/mol. The van der Waals surface area contributed by atoms with Gasteiger partial charge in [-0.3, -0.25) is 4.90 Å². The van der Waals surface area contributed by atoms with Crippen molar-refractivity contribution in [2.24, 2.45) is 5.92 Å². The van der Waals surface area contributed by atoms with Crippen LogP contribution in [0.5, 0.6) is 5.75 Å². The van der Waals surface area contributed by atoms with E-state index in [2.05, 4.69) is 24.3 Å². The number of carbonyl (C=O) groups excluding carboxylic acids is 1. The van der Waals surface area contributed by atoms with E-state index >= 15 is 0 Å². The van der Waals surface area contributed by atoms with Crippen LogP contribution in [0.2, 0.25) is 0 Å². The molecular formula is C24H25NO3. The molecule has 1 amide bonds. The zero-order chi connectivity index (χ0) is 19.7. The molecule has 0 bridgehead atoms. The molecule has 2 atom stereocenters. The van der Waals surface area contributed by atoms with Crippen LogP contribution in [0.15, 0.2) is 72.6 Å². The van der Waals surface area contributed by atoms with E-state index in [1.54, 1.807) is 11.2 Å². The first-order valence-corrected chi connectivity index (χ1v) is 9.62. The summed E-state index contributed by atoms with van der Waals surface area (Å²) in [5.74, 6) is 0.943. The average Bonchev–Trinajstić information content (AvgIpc) is 3.05. The van der Waals surface area contributed by atoms with Gasteiger partial charge in [-0.2, -0.15) is 0 Å². The zero-order valence-corrected chi connectivity index (χ0v) is 16.5. The molecule has 0 spiro atoms. The maximum Gasteiger partial charge on any atom is 0.415 e. The van der Waals surface area contributed by atoms with Crippen molar-refractivity contribution in [3.63, 3.8) is 0 Å². The number of ether oxygens (including phenoxy) is 2. The Morgan fingerprint density at radius 3 is 2.54 bits per heavy atom. The second-order valence-corrected chi connectivity index (χ2v) is 8.19. The second kappa shape index (κ2) is 7.19. The molecule has 4 rings (SSSR count). The molecule has 2 aliphatic rings. The van der Waals surface area contributed by atoms with Gasteiger partial charge in [-0.1, -0.05) is 54.6 Å². The summed E-state index contributed by atoms with van der Waals surface area (Å²) < 4.78 is 11.6. The van der Waals surface area contributed by atoms with Crippen molar-refractivity contribution in [1.29, 1.82) is 0 Å². The molecule has 0 saturated carbocycles. The van der Waals surface area contributed by atoms with E-state index in [9.17, 15) is 4.79 Å². The highest BCUT2D eigenvalue weighted by atomic mass is 16.6. The molecule has 1 fully saturated rings. The molecule has 0 aromatic heterocycles. The smallest absolute Gasteiger partial charge is 0.415 e. The van der Waals surface area contributed by atoms with Crippen molar-refractivity contribution in [2.75, 3.05) is 0 Å². The van der Waals surface area contributed by atoms with Gasteiger partial charge in [-0.05, 0) is 50.5 Å². The first kappa shape index (κ1) is 18.4. The van der Waals surface area contributed by atoms with Gasteiger partial charge in [0.25, 0.3) is 0 Å². The number of hydrogen-bond acceptors (Lipinski definition) is 3. The number of benzene rings is 2. The minimum atomic E-state index is -0.565. The van der Waals surface area contributed by atoms with E-state index in [4.69, 9.17) is 9.47 Å². The Kier molecular flexibility index (Phi) is 4.71. The van der Waals surface area contributed by atoms with Crippen molar-refractivity contribution in [1.82, 2.24) is 4.90 Å². The summed E-state index contributed by atoms with van der Waals surface area (Å²) in [5.41, 5.74) is 2.55. The number of hydrogen-bond donors (Lipinski definition) is 0. The molecule has 4 nitrogen and oxygen atoms in total.